The molecule has 0 aliphatic carbocycles. The number of carbonyl (C=O) groups excluding carboxylic acids is 1. The molecule has 1 heterocycles. The van der Waals surface area contributed by atoms with Crippen molar-refractivity contribution in [3.05, 3.63) is 63.3 Å². The molecule has 3 aromatic rings. The van der Waals surface area contributed by atoms with Crippen molar-refractivity contribution in [2.75, 3.05) is 6.61 Å². The van der Waals surface area contributed by atoms with E-state index in [2.05, 4.69) is 0 Å². The van der Waals surface area contributed by atoms with Crippen LogP contribution in [-0.4, -0.2) is 23.2 Å². The number of aryl methyl sites for hydroxylation is 2. The monoisotopic (exact) mass is 459 g/mol. The number of benzene rings is 2. The van der Waals surface area contributed by atoms with E-state index in [-0.39, 0.29) is 6.61 Å². The van der Waals surface area contributed by atoms with Crippen molar-refractivity contribution in [1.29, 1.82) is 0 Å². The number of nitrogens with zero attached hydrogens (tertiary/aromatic N) is 1. The summed E-state index contributed by atoms with van der Waals surface area (Å²) in [5.41, 5.74) is 4.29. The SMILES string of the molecule is CCOC(=O)[C@@H](OC(C)(C)C)c1c(C)cc2nc(C)ccc2c1-c1ccc(Cl)cc1Cl. The van der Waals surface area contributed by atoms with Crippen molar-refractivity contribution in [2.24, 2.45) is 0 Å². The van der Waals surface area contributed by atoms with Crippen molar-refractivity contribution in [1.82, 2.24) is 4.98 Å². The summed E-state index contributed by atoms with van der Waals surface area (Å²) in [6.45, 7) is 11.7. The second-order valence-corrected chi connectivity index (χ2v) is 9.33. The van der Waals surface area contributed by atoms with Crippen LogP contribution in [0.2, 0.25) is 10.0 Å². The van der Waals surface area contributed by atoms with Gasteiger partial charge in [0.05, 0.1) is 17.7 Å². The van der Waals surface area contributed by atoms with Crippen LogP contribution in [0.4, 0.5) is 0 Å². The number of halogens is 2. The summed E-state index contributed by atoms with van der Waals surface area (Å²) in [5.74, 6) is -0.439. The van der Waals surface area contributed by atoms with Crippen molar-refractivity contribution in [3.63, 3.8) is 0 Å². The Labute approximate surface area is 193 Å². The summed E-state index contributed by atoms with van der Waals surface area (Å²) in [5, 5.41) is 1.90. The summed E-state index contributed by atoms with van der Waals surface area (Å²) in [7, 11) is 0. The molecular weight excluding hydrogens is 433 g/mol. The van der Waals surface area contributed by atoms with E-state index < -0.39 is 17.7 Å². The van der Waals surface area contributed by atoms with E-state index in [1.165, 1.54) is 0 Å². The number of esters is 1. The zero-order valence-corrected chi connectivity index (χ0v) is 20.2. The summed E-state index contributed by atoms with van der Waals surface area (Å²) in [6.07, 6.45) is -0.924. The van der Waals surface area contributed by atoms with Crippen LogP contribution in [0.5, 0.6) is 0 Å². The Morgan fingerprint density at radius 1 is 1.10 bits per heavy atom. The predicted octanol–water partition coefficient (Wildman–Crippen LogP) is 7.24. The zero-order chi connectivity index (χ0) is 22.9. The fraction of sp³-hybridized carbons (Fsp3) is 0.360. The first-order chi connectivity index (χ1) is 14.5. The van der Waals surface area contributed by atoms with Crippen LogP contribution in [-0.2, 0) is 14.3 Å². The highest BCUT2D eigenvalue weighted by Crippen LogP contribution is 2.43. The van der Waals surface area contributed by atoms with E-state index >= 15 is 0 Å². The molecule has 0 fully saturated rings. The van der Waals surface area contributed by atoms with E-state index in [0.717, 1.165) is 38.9 Å². The molecule has 31 heavy (non-hydrogen) atoms. The normalized spacial score (nSPS) is 12.8. The number of carbonyl (C=O) groups is 1. The van der Waals surface area contributed by atoms with Gasteiger partial charge in [0.1, 0.15) is 0 Å². The van der Waals surface area contributed by atoms with E-state index in [4.69, 9.17) is 37.7 Å². The molecule has 0 N–H and O–H groups in total. The van der Waals surface area contributed by atoms with Gasteiger partial charge >= 0.3 is 5.97 Å². The molecule has 0 bridgehead atoms. The first-order valence-electron chi connectivity index (χ1n) is 10.2. The highest BCUT2D eigenvalue weighted by Gasteiger charge is 2.33. The van der Waals surface area contributed by atoms with Gasteiger partial charge in [-0.2, -0.15) is 0 Å². The minimum absolute atomic E-state index is 0.257. The predicted molar refractivity (Wildman–Crippen MR) is 127 cm³/mol. The lowest BCUT2D eigenvalue weighted by Gasteiger charge is -2.29. The standard InChI is InChI=1S/C25H27Cl2NO3/c1-7-30-24(29)23(31-25(4,5)6)21-14(2)12-20-18(10-8-15(3)28-20)22(21)17-11-9-16(26)13-19(17)27/h8-13,23H,7H2,1-6H3/t23-/m0/s1. The molecule has 2 aromatic carbocycles. The Morgan fingerprint density at radius 3 is 2.42 bits per heavy atom. The maximum absolute atomic E-state index is 13.1. The van der Waals surface area contributed by atoms with Crippen LogP contribution >= 0.6 is 23.2 Å². The molecule has 1 aromatic heterocycles. The lowest BCUT2D eigenvalue weighted by Crippen LogP contribution is -2.29. The first kappa shape index (κ1) is 23.5. The van der Waals surface area contributed by atoms with E-state index in [0.29, 0.717) is 10.0 Å². The first-order valence-corrected chi connectivity index (χ1v) is 11.0. The Morgan fingerprint density at radius 2 is 1.81 bits per heavy atom. The quantitative estimate of drug-likeness (QED) is 0.377. The van der Waals surface area contributed by atoms with Crippen molar-refractivity contribution < 1.29 is 14.3 Å². The molecule has 0 amide bonds. The van der Waals surface area contributed by atoms with E-state index in [9.17, 15) is 4.79 Å². The fourth-order valence-corrected chi connectivity index (χ4v) is 4.14. The number of hydrogen-bond donors (Lipinski definition) is 0. The summed E-state index contributed by atoms with van der Waals surface area (Å²) in [4.78, 5) is 17.8. The van der Waals surface area contributed by atoms with Gasteiger partial charge in [0, 0.05) is 32.3 Å². The number of fused-ring (bicyclic) bond motifs is 1. The van der Waals surface area contributed by atoms with Crippen LogP contribution in [0.1, 0.15) is 50.6 Å². The molecule has 164 valence electrons. The van der Waals surface area contributed by atoms with E-state index in [1.54, 1.807) is 19.1 Å². The Bertz CT molecular complexity index is 1140. The number of rotatable bonds is 5. The molecule has 3 rings (SSSR count). The van der Waals surface area contributed by atoms with Crippen LogP contribution in [0.3, 0.4) is 0 Å². The van der Waals surface area contributed by atoms with E-state index in [1.807, 2.05) is 58.9 Å². The van der Waals surface area contributed by atoms with Crippen LogP contribution < -0.4 is 0 Å². The molecule has 0 radical (unpaired) electrons. The third-order valence-corrected chi connectivity index (χ3v) is 5.36. The molecule has 0 spiro atoms. The molecule has 1 atom stereocenters. The van der Waals surface area contributed by atoms with Crippen LogP contribution in [0, 0.1) is 13.8 Å². The number of hydrogen-bond acceptors (Lipinski definition) is 4. The average Bonchev–Trinajstić information content (AvgIpc) is 2.65. The molecule has 0 unspecified atom stereocenters. The molecule has 0 aliphatic heterocycles. The summed E-state index contributed by atoms with van der Waals surface area (Å²) in [6, 6.07) is 11.3. The van der Waals surface area contributed by atoms with Gasteiger partial charge in [-0.3, -0.25) is 4.98 Å². The number of ether oxygens (including phenoxy) is 2. The smallest absolute Gasteiger partial charge is 0.339 e. The summed E-state index contributed by atoms with van der Waals surface area (Å²) >= 11 is 12.8. The topological polar surface area (TPSA) is 48.4 Å². The number of pyridine rings is 1. The van der Waals surface area contributed by atoms with Gasteiger partial charge in [-0.15, -0.1) is 0 Å². The molecule has 6 heteroatoms. The van der Waals surface area contributed by atoms with Crippen LogP contribution in [0.25, 0.3) is 22.0 Å². The van der Waals surface area contributed by atoms with Gasteiger partial charge in [-0.25, -0.2) is 4.79 Å². The van der Waals surface area contributed by atoms with Gasteiger partial charge < -0.3 is 9.47 Å². The third-order valence-electron chi connectivity index (χ3n) is 4.82. The van der Waals surface area contributed by atoms with Gasteiger partial charge in [-0.05, 0) is 76.9 Å². The van der Waals surface area contributed by atoms with Crippen molar-refractivity contribution in [3.8, 4) is 11.1 Å². The Balaban J connectivity index is 2.42. The Kier molecular flexibility index (Phi) is 6.95. The Hall–Kier alpha value is -2.14. The lowest BCUT2D eigenvalue weighted by molar-refractivity contribution is -0.166. The van der Waals surface area contributed by atoms with Gasteiger partial charge in [0.15, 0.2) is 6.10 Å². The van der Waals surface area contributed by atoms with Gasteiger partial charge in [0.25, 0.3) is 0 Å². The fourth-order valence-electron chi connectivity index (χ4n) is 3.64. The zero-order valence-electron chi connectivity index (χ0n) is 18.7. The molecule has 0 saturated heterocycles. The summed E-state index contributed by atoms with van der Waals surface area (Å²) < 4.78 is 11.7. The van der Waals surface area contributed by atoms with Gasteiger partial charge in [0.2, 0.25) is 0 Å². The molecule has 4 nitrogen and oxygen atoms in total. The highest BCUT2D eigenvalue weighted by atomic mass is 35.5. The molecular formula is C25H27Cl2NO3. The highest BCUT2D eigenvalue weighted by molar-refractivity contribution is 6.36. The van der Waals surface area contributed by atoms with Crippen molar-refractivity contribution >= 4 is 40.1 Å². The van der Waals surface area contributed by atoms with Crippen molar-refractivity contribution in [2.45, 2.75) is 53.2 Å². The molecule has 0 saturated carbocycles. The lowest BCUT2D eigenvalue weighted by atomic mass is 9.88. The minimum atomic E-state index is -0.924. The number of aromatic nitrogens is 1. The average molecular weight is 460 g/mol. The largest absolute Gasteiger partial charge is 0.464 e. The molecule has 0 aliphatic rings. The van der Waals surface area contributed by atoms with Gasteiger partial charge in [-0.1, -0.05) is 35.3 Å². The second-order valence-electron chi connectivity index (χ2n) is 8.49. The minimum Gasteiger partial charge on any atom is -0.464 e. The third kappa shape index (κ3) is 5.20. The second kappa shape index (κ2) is 9.15. The maximum atomic E-state index is 13.1. The van der Waals surface area contributed by atoms with Crippen LogP contribution in [0.15, 0.2) is 36.4 Å². The maximum Gasteiger partial charge on any atom is 0.339 e.